The number of unbranched alkanes of at least 4 members (excludes halogenated alkanes) is 2. The van der Waals surface area contributed by atoms with Gasteiger partial charge in [0.2, 0.25) is 0 Å². The number of hydrogen-bond acceptors (Lipinski definition) is 5. The van der Waals surface area contributed by atoms with Crippen LogP contribution in [-0.4, -0.2) is 43.5 Å². The SMILES string of the molecule is CCCCO[C@H]1[C@H](C)OC(=O)C(N)CCC[C@@H]1OCCCC. The van der Waals surface area contributed by atoms with E-state index in [9.17, 15) is 4.79 Å². The van der Waals surface area contributed by atoms with Crippen molar-refractivity contribution in [1.29, 1.82) is 0 Å². The van der Waals surface area contributed by atoms with Gasteiger partial charge < -0.3 is 19.9 Å². The van der Waals surface area contributed by atoms with Crippen molar-refractivity contribution in [3.05, 3.63) is 0 Å². The molecule has 1 aliphatic heterocycles. The molecule has 5 heteroatoms. The van der Waals surface area contributed by atoms with Gasteiger partial charge in [-0.2, -0.15) is 0 Å². The molecule has 22 heavy (non-hydrogen) atoms. The van der Waals surface area contributed by atoms with Crippen molar-refractivity contribution >= 4 is 5.97 Å². The number of rotatable bonds is 8. The number of carbonyl (C=O) groups excluding carboxylic acids is 1. The molecule has 130 valence electrons. The summed E-state index contributed by atoms with van der Waals surface area (Å²) in [6.45, 7) is 7.54. The fourth-order valence-electron chi connectivity index (χ4n) is 2.62. The van der Waals surface area contributed by atoms with Crippen molar-refractivity contribution in [2.45, 2.75) is 90.1 Å². The topological polar surface area (TPSA) is 70.8 Å². The van der Waals surface area contributed by atoms with Gasteiger partial charge in [0.25, 0.3) is 0 Å². The summed E-state index contributed by atoms with van der Waals surface area (Å²) in [4.78, 5) is 11.9. The van der Waals surface area contributed by atoms with E-state index in [4.69, 9.17) is 19.9 Å². The van der Waals surface area contributed by atoms with E-state index in [2.05, 4.69) is 13.8 Å². The first-order valence-corrected chi connectivity index (χ1v) is 8.79. The van der Waals surface area contributed by atoms with Crippen molar-refractivity contribution < 1.29 is 19.0 Å². The molecule has 0 aliphatic carbocycles. The van der Waals surface area contributed by atoms with Crippen molar-refractivity contribution in [3.63, 3.8) is 0 Å². The van der Waals surface area contributed by atoms with E-state index in [1.54, 1.807) is 0 Å². The smallest absolute Gasteiger partial charge is 0.323 e. The third kappa shape index (κ3) is 6.63. The Bertz CT molecular complexity index is 311. The van der Waals surface area contributed by atoms with Crippen molar-refractivity contribution in [2.75, 3.05) is 13.2 Å². The molecule has 0 amide bonds. The molecule has 1 fully saturated rings. The van der Waals surface area contributed by atoms with Gasteiger partial charge in [0.1, 0.15) is 18.2 Å². The highest BCUT2D eigenvalue weighted by atomic mass is 16.6. The lowest BCUT2D eigenvalue weighted by Gasteiger charge is -2.31. The molecule has 1 aliphatic rings. The fourth-order valence-corrected chi connectivity index (χ4v) is 2.62. The lowest BCUT2D eigenvalue weighted by molar-refractivity contribution is -0.167. The van der Waals surface area contributed by atoms with Crippen molar-refractivity contribution in [3.8, 4) is 0 Å². The molecule has 1 heterocycles. The fraction of sp³-hybridized carbons (Fsp3) is 0.941. The summed E-state index contributed by atoms with van der Waals surface area (Å²) >= 11 is 0. The molecule has 0 aromatic rings. The standard InChI is InChI=1S/C17H33NO4/c1-4-6-11-20-15-10-8-9-14(18)17(19)22-13(3)16(15)21-12-7-5-2/h13-16H,4-12,18H2,1-3H3/t13-,14?,15-,16-/m0/s1. The van der Waals surface area contributed by atoms with E-state index in [1.165, 1.54) is 0 Å². The lowest BCUT2D eigenvalue weighted by Crippen LogP contribution is -2.43. The number of carbonyl (C=O) groups is 1. The molecular formula is C17H33NO4. The zero-order valence-corrected chi connectivity index (χ0v) is 14.4. The second-order valence-corrected chi connectivity index (χ2v) is 6.13. The zero-order chi connectivity index (χ0) is 16.4. The average Bonchev–Trinajstić information content (AvgIpc) is 2.53. The van der Waals surface area contributed by atoms with Crippen molar-refractivity contribution in [1.82, 2.24) is 0 Å². The second kappa shape index (κ2) is 11.0. The van der Waals surface area contributed by atoms with E-state index in [1.807, 2.05) is 6.92 Å². The Kier molecular flexibility index (Phi) is 9.68. The predicted molar refractivity (Wildman–Crippen MR) is 86.7 cm³/mol. The maximum atomic E-state index is 11.9. The molecule has 2 N–H and O–H groups in total. The molecule has 4 atom stereocenters. The van der Waals surface area contributed by atoms with Gasteiger partial charge in [0, 0.05) is 13.2 Å². The summed E-state index contributed by atoms with van der Waals surface area (Å²) in [7, 11) is 0. The Morgan fingerprint density at radius 1 is 1.14 bits per heavy atom. The predicted octanol–water partition coefficient (Wildman–Crippen LogP) is 2.80. The first kappa shape index (κ1) is 19.4. The summed E-state index contributed by atoms with van der Waals surface area (Å²) in [5, 5.41) is 0. The molecule has 5 nitrogen and oxygen atoms in total. The third-order valence-electron chi connectivity index (χ3n) is 4.08. The number of esters is 1. The van der Waals surface area contributed by atoms with Gasteiger partial charge in [-0.3, -0.25) is 4.79 Å². The molecule has 0 radical (unpaired) electrons. The highest BCUT2D eigenvalue weighted by molar-refractivity contribution is 5.75. The van der Waals surface area contributed by atoms with E-state index in [0.717, 1.165) is 45.1 Å². The van der Waals surface area contributed by atoms with Crippen LogP contribution in [0.2, 0.25) is 0 Å². The lowest BCUT2D eigenvalue weighted by atomic mass is 10.0. The van der Waals surface area contributed by atoms with Crippen molar-refractivity contribution in [2.24, 2.45) is 5.73 Å². The molecule has 0 spiro atoms. The minimum absolute atomic E-state index is 0.0310. The quantitative estimate of drug-likeness (QED) is 0.551. The summed E-state index contributed by atoms with van der Waals surface area (Å²) in [5.41, 5.74) is 5.86. The van der Waals surface area contributed by atoms with Gasteiger partial charge in [0.15, 0.2) is 0 Å². The molecule has 0 saturated carbocycles. The molecule has 1 rings (SSSR count). The van der Waals surface area contributed by atoms with E-state index < -0.39 is 6.04 Å². The summed E-state index contributed by atoms with van der Waals surface area (Å²) in [6.07, 6.45) is 5.99. The maximum absolute atomic E-state index is 11.9. The van der Waals surface area contributed by atoms with Crippen LogP contribution in [0.25, 0.3) is 0 Å². The van der Waals surface area contributed by atoms with Gasteiger partial charge in [-0.25, -0.2) is 0 Å². The van der Waals surface area contributed by atoms with Gasteiger partial charge in [-0.1, -0.05) is 26.7 Å². The number of cyclic esters (lactones) is 1. The highest BCUT2D eigenvalue weighted by Crippen LogP contribution is 2.21. The Balaban J connectivity index is 2.72. The first-order valence-electron chi connectivity index (χ1n) is 8.79. The summed E-state index contributed by atoms with van der Waals surface area (Å²) in [6, 6.07) is -0.534. The number of hydrogen-bond donors (Lipinski definition) is 1. The third-order valence-corrected chi connectivity index (χ3v) is 4.08. The van der Waals surface area contributed by atoms with Gasteiger partial charge in [-0.15, -0.1) is 0 Å². The average molecular weight is 315 g/mol. The second-order valence-electron chi connectivity index (χ2n) is 6.13. The highest BCUT2D eigenvalue weighted by Gasteiger charge is 2.33. The van der Waals surface area contributed by atoms with Crippen LogP contribution in [0, 0.1) is 0 Å². The number of ether oxygens (including phenoxy) is 3. The van der Waals surface area contributed by atoms with E-state index in [-0.39, 0.29) is 24.3 Å². The Hall–Kier alpha value is -0.650. The van der Waals surface area contributed by atoms with Crippen LogP contribution in [0.3, 0.4) is 0 Å². The monoisotopic (exact) mass is 315 g/mol. The number of nitrogens with two attached hydrogens (primary N) is 1. The Morgan fingerprint density at radius 3 is 2.41 bits per heavy atom. The van der Waals surface area contributed by atoms with E-state index >= 15 is 0 Å². The van der Waals surface area contributed by atoms with Crippen LogP contribution >= 0.6 is 0 Å². The molecule has 0 bridgehead atoms. The Morgan fingerprint density at radius 2 is 1.77 bits per heavy atom. The molecular weight excluding hydrogens is 282 g/mol. The van der Waals surface area contributed by atoms with E-state index in [0.29, 0.717) is 13.0 Å². The Labute approximate surface area is 134 Å². The van der Waals surface area contributed by atoms with Gasteiger partial charge in [-0.05, 0) is 39.0 Å². The molecule has 0 aromatic heterocycles. The van der Waals surface area contributed by atoms with Crippen LogP contribution in [0.1, 0.15) is 65.7 Å². The normalized spacial score (nSPS) is 30.3. The summed E-state index contributed by atoms with van der Waals surface area (Å²) < 4.78 is 17.5. The molecule has 1 saturated heterocycles. The van der Waals surface area contributed by atoms with Crippen LogP contribution < -0.4 is 5.73 Å². The van der Waals surface area contributed by atoms with Gasteiger partial charge >= 0.3 is 5.97 Å². The van der Waals surface area contributed by atoms with Crippen LogP contribution in [0.4, 0.5) is 0 Å². The minimum atomic E-state index is -0.534. The zero-order valence-electron chi connectivity index (χ0n) is 14.4. The van der Waals surface area contributed by atoms with Gasteiger partial charge in [0.05, 0.1) is 6.10 Å². The molecule has 0 aromatic carbocycles. The van der Waals surface area contributed by atoms with Crippen LogP contribution in [0.5, 0.6) is 0 Å². The van der Waals surface area contributed by atoms with Crippen LogP contribution in [-0.2, 0) is 19.0 Å². The largest absolute Gasteiger partial charge is 0.459 e. The summed E-state index contributed by atoms with van der Waals surface area (Å²) in [5.74, 6) is -0.328. The van der Waals surface area contributed by atoms with Crippen LogP contribution in [0.15, 0.2) is 0 Å². The maximum Gasteiger partial charge on any atom is 0.323 e. The first-order chi connectivity index (χ1) is 10.6. The molecule has 1 unspecified atom stereocenters. The minimum Gasteiger partial charge on any atom is -0.459 e.